The predicted octanol–water partition coefficient (Wildman–Crippen LogP) is 2.44. The predicted molar refractivity (Wildman–Crippen MR) is 104 cm³/mol. The zero-order valence-corrected chi connectivity index (χ0v) is 16.0. The number of allylic oxidation sites excluding steroid dienone is 1. The Labute approximate surface area is 159 Å². The standard InChI is InChI=1S/C19H29N5O3/c1-26-14-8-6-12(7-9-14)23-19-21-11-16(17(20)25)18(24-19)22-13-4-3-5-15(10-13)27-2/h4,11-12,14-15H,3,5-10H2,1-2H3,(H2,20,25)(H2,21,22,23,24)/t12?,14?,15-/m0/s1. The van der Waals surface area contributed by atoms with E-state index in [2.05, 4.69) is 26.7 Å². The van der Waals surface area contributed by atoms with Gasteiger partial charge in [0.2, 0.25) is 5.95 Å². The molecular weight excluding hydrogens is 346 g/mol. The van der Waals surface area contributed by atoms with Gasteiger partial charge in [-0.2, -0.15) is 4.98 Å². The van der Waals surface area contributed by atoms with Gasteiger partial charge in [0.15, 0.2) is 0 Å². The molecule has 0 aliphatic heterocycles. The number of nitrogens with two attached hydrogens (primary N) is 1. The summed E-state index contributed by atoms with van der Waals surface area (Å²) < 4.78 is 10.9. The number of nitrogens with zero attached hydrogens (tertiary/aromatic N) is 2. The Morgan fingerprint density at radius 2 is 1.89 bits per heavy atom. The van der Waals surface area contributed by atoms with Gasteiger partial charge < -0.3 is 25.8 Å². The molecule has 0 bridgehead atoms. The highest BCUT2D eigenvalue weighted by Gasteiger charge is 2.22. The Balaban J connectivity index is 1.71. The van der Waals surface area contributed by atoms with Crippen LogP contribution in [0.15, 0.2) is 18.0 Å². The third-order valence-electron chi connectivity index (χ3n) is 5.33. The number of amides is 1. The highest BCUT2D eigenvalue weighted by Crippen LogP contribution is 2.26. The van der Waals surface area contributed by atoms with Crippen LogP contribution in [-0.4, -0.2) is 48.3 Å². The van der Waals surface area contributed by atoms with Gasteiger partial charge in [-0.25, -0.2) is 4.98 Å². The third kappa shape index (κ3) is 5.17. The fourth-order valence-electron chi connectivity index (χ4n) is 3.68. The number of carbonyl (C=O) groups is 1. The second-order valence-corrected chi connectivity index (χ2v) is 7.17. The zero-order chi connectivity index (χ0) is 19.2. The summed E-state index contributed by atoms with van der Waals surface area (Å²) in [7, 11) is 3.48. The van der Waals surface area contributed by atoms with E-state index in [0.717, 1.165) is 50.6 Å². The van der Waals surface area contributed by atoms with Crippen LogP contribution in [0.1, 0.15) is 55.3 Å². The molecule has 0 saturated heterocycles. The van der Waals surface area contributed by atoms with Crippen LogP contribution in [0.4, 0.5) is 11.8 Å². The monoisotopic (exact) mass is 375 g/mol. The third-order valence-corrected chi connectivity index (χ3v) is 5.33. The number of methoxy groups -OCH3 is 2. The number of carbonyl (C=O) groups excluding carboxylic acids is 1. The van der Waals surface area contributed by atoms with Crippen molar-refractivity contribution in [2.45, 2.75) is 63.2 Å². The lowest BCUT2D eigenvalue weighted by molar-refractivity contribution is 0.0681. The minimum atomic E-state index is -0.552. The molecule has 1 aromatic rings. The average Bonchev–Trinajstić information content (AvgIpc) is 2.68. The molecule has 2 aliphatic carbocycles. The summed E-state index contributed by atoms with van der Waals surface area (Å²) >= 11 is 0. The van der Waals surface area contributed by atoms with Gasteiger partial charge in [-0.05, 0) is 38.5 Å². The highest BCUT2D eigenvalue weighted by atomic mass is 16.5. The quantitative estimate of drug-likeness (QED) is 0.671. The smallest absolute Gasteiger partial charge is 0.254 e. The van der Waals surface area contributed by atoms with Crippen LogP contribution in [0.3, 0.4) is 0 Å². The van der Waals surface area contributed by atoms with E-state index in [1.165, 1.54) is 6.20 Å². The van der Waals surface area contributed by atoms with E-state index < -0.39 is 5.91 Å². The number of anilines is 2. The van der Waals surface area contributed by atoms with Crippen molar-refractivity contribution < 1.29 is 14.3 Å². The first-order chi connectivity index (χ1) is 13.1. The van der Waals surface area contributed by atoms with E-state index in [9.17, 15) is 4.79 Å². The topological polar surface area (TPSA) is 111 Å². The van der Waals surface area contributed by atoms with Crippen LogP contribution in [0.25, 0.3) is 0 Å². The van der Waals surface area contributed by atoms with Crippen molar-refractivity contribution in [3.63, 3.8) is 0 Å². The van der Waals surface area contributed by atoms with Crippen molar-refractivity contribution >= 4 is 17.7 Å². The van der Waals surface area contributed by atoms with Crippen LogP contribution < -0.4 is 16.4 Å². The molecular formula is C19H29N5O3. The van der Waals surface area contributed by atoms with Gasteiger partial charge >= 0.3 is 0 Å². The molecule has 1 saturated carbocycles. The van der Waals surface area contributed by atoms with Gasteiger partial charge in [-0.15, -0.1) is 0 Å². The van der Waals surface area contributed by atoms with Gasteiger partial charge in [0.25, 0.3) is 5.91 Å². The summed E-state index contributed by atoms with van der Waals surface area (Å²) in [6.07, 6.45) is 10.8. The van der Waals surface area contributed by atoms with E-state index in [1.54, 1.807) is 14.2 Å². The summed E-state index contributed by atoms with van der Waals surface area (Å²) in [6, 6.07) is 0.301. The molecule has 8 heteroatoms. The van der Waals surface area contributed by atoms with Crippen molar-refractivity contribution in [3.8, 4) is 0 Å². The molecule has 1 aromatic heterocycles. The minimum Gasteiger partial charge on any atom is -0.381 e. The normalized spacial score (nSPS) is 25.6. The first-order valence-corrected chi connectivity index (χ1v) is 9.54. The maximum Gasteiger partial charge on any atom is 0.254 e. The van der Waals surface area contributed by atoms with E-state index in [-0.39, 0.29) is 11.7 Å². The lowest BCUT2D eigenvalue weighted by atomic mass is 9.93. The highest BCUT2D eigenvalue weighted by molar-refractivity contribution is 5.97. The van der Waals surface area contributed by atoms with Crippen LogP contribution in [0, 0.1) is 0 Å². The van der Waals surface area contributed by atoms with Crippen LogP contribution in [0.5, 0.6) is 0 Å². The number of hydrogen-bond acceptors (Lipinski definition) is 7. The second-order valence-electron chi connectivity index (χ2n) is 7.17. The number of rotatable bonds is 7. The molecule has 2 aliphatic rings. The SMILES string of the molecule is COC1CCC(Nc2ncc(C(N)=O)c(NC3=CCC[C@H](OC)C3)n2)CC1. The molecule has 0 unspecified atom stereocenters. The molecule has 148 valence electrons. The Bertz CT molecular complexity index is 686. The zero-order valence-electron chi connectivity index (χ0n) is 16.0. The molecule has 1 fully saturated rings. The number of ether oxygens (including phenoxy) is 2. The summed E-state index contributed by atoms with van der Waals surface area (Å²) in [5, 5.41) is 6.63. The summed E-state index contributed by atoms with van der Waals surface area (Å²) in [4.78, 5) is 20.6. The van der Waals surface area contributed by atoms with Crippen LogP contribution >= 0.6 is 0 Å². The Kier molecular flexibility index (Phi) is 6.63. The molecule has 3 rings (SSSR count). The molecule has 1 atom stereocenters. The van der Waals surface area contributed by atoms with Gasteiger partial charge in [0.05, 0.1) is 12.2 Å². The fourth-order valence-corrected chi connectivity index (χ4v) is 3.68. The first-order valence-electron chi connectivity index (χ1n) is 9.54. The van der Waals surface area contributed by atoms with Gasteiger partial charge in [-0.1, -0.05) is 6.08 Å². The van der Waals surface area contributed by atoms with Crippen LogP contribution in [-0.2, 0) is 9.47 Å². The molecule has 1 heterocycles. The molecule has 8 nitrogen and oxygen atoms in total. The van der Waals surface area contributed by atoms with E-state index in [0.29, 0.717) is 23.9 Å². The largest absolute Gasteiger partial charge is 0.381 e. The molecule has 0 radical (unpaired) electrons. The van der Waals surface area contributed by atoms with Crippen molar-refractivity contribution in [2.75, 3.05) is 24.9 Å². The van der Waals surface area contributed by atoms with Crippen LogP contribution in [0.2, 0.25) is 0 Å². The van der Waals surface area contributed by atoms with E-state index in [4.69, 9.17) is 15.2 Å². The van der Waals surface area contributed by atoms with Crippen molar-refractivity contribution in [2.24, 2.45) is 5.73 Å². The van der Waals surface area contributed by atoms with Crippen molar-refractivity contribution in [3.05, 3.63) is 23.5 Å². The molecule has 0 aromatic carbocycles. The van der Waals surface area contributed by atoms with Gasteiger partial charge in [0, 0.05) is 38.6 Å². The maximum absolute atomic E-state index is 11.8. The first kappa shape index (κ1) is 19.6. The lowest BCUT2D eigenvalue weighted by Crippen LogP contribution is -2.30. The number of hydrogen-bond donors (Lipinski definition) is 3. The van der Waals surface area contributed by atoms with Gasteiger partial charge in [-0.3, -0.25) is 4.79 Å². The number of aromatic nitrogens is 2. The molecule has 1 amide bonds. The van der Waals surface area contributed by atoms with Crippen molar-refractivity contribution in [1.82, 2.24) is 9.97 Å². The minimum absolute atomic E-state index is 0.171. The Morgan fingerprint density at radius 1 is 1.15 bits per heavy atom. The van der Waals surface area contributed by atoms with Crippen molar-refractivity contribution in [1.29, 1.82) is 0 Å². The van der Waals surface area contributed by atoms with E-state index in [1.807, 2.05) is 0 Å². The molecule has 27 heavy (non-hydrogen) atoms. The second kappa shape index (κ2) is 9.14. The summed E-state index contributed by atoms with van der Waals surface area (Å²) in [6.45, 7) is 0. The molecule has 4 N–H and O–H groups in total. The number of nitrogens with one attached hydrogen (secondary N) is 2. The lowest BCUT2D eigenvalue weighted by Gasteiger charge is -2.28. The average molecular weight is 375 g/mol. The summed E-state index contributed by atoms with van der Waals surface area (Å²) in [5.74, 6) is 0.390. The Morgan fingerprint density at radius 3 is 2.56 bits per heavy atom. The van der Waals surface area contributed by atoms with E-state index >= 15 is 0 Å². The maximum atomic E-state index is 11.8. The Hall–Kier alpha value is -2.19. The summed E-state index contributed by atoms with van der Waals surface area (Å²) in [5.41, 5.74) is 6.77. The van der Waals surface area contributed by atoms with Gasteiger partial charge in [0.1, 0.15) is 11.4 Å². The molecule has 0 spiro atoms. The number of primary amides is 1. The fraction of sp³-hybridized carbons (Fsp3) is 0.632.